The zero-order valence-electron chi connectivity index (χ0n) is 14.2. The van der Waals surface area contributed by atoms with Gasteiger partial charge >= 0.3 is 0 Å². The highest BCUT2D eigenvalue weighted by Crippen LogP contribution is 2.26. The van der Waals surface area contributed by atoms with Gasteiger partial charge in [0, 0.05) is 18.3 Å². The largest absolute Gasteiger partial charge is 0.411 e. The smallest absolute Gasteiger partial charge is 0.277 e. The number of benzene rings is 1. The lowest BCUT2D eigenvalue weighted by molar-refractivity contribution is -0.125. The number of allylic oxidation sites excluding steroid dienone is 2. The predicted molar refractivity (Wildman–Crippen MR) is 94.6 cm³/mol. The number of aryl methyl sites for hydroxylation is 2. The maximum Gasteiger partial charge on any atom is 0.277 e. The van der Waals surface area contributed by atoms with Crippen LogP contribution in [-0.4, -0.2) is 33.8 Å². The van der Waals surface area contributed by atoms with Crippen LogP contribution in [-0.2, 0) is 4.79 Å². The molecule has 0 N–H and O–H groups in total. The molecule has 0 spiro atoms. The molecule has 5 nitrogen and oxygen atoms in total. The second-order valence-corrected chi connectivity index (χ2v) is 6.93. The summed E-state index contributed by atoms with van der Waals surface area (Å²) in [6, 6.07) is 6.04. The molecule has 1 heterocycles. The van der Waals surface area contributed by atoms with E-state index < -0.39 is 0 Å². The third-order valence-corrected chi connectivity index (χ3v) is 5.10. The van der Waals surface area contributed by atoms with Gasteiger partial charge in [-0.2, -0.15) is 0 Å². The highest BCUT2D eigenvalue weighted by atomic mass is 32.2. The fraction of sp³-hybridized carbons (Fsp3) is 0.389. The van der Waals surface area contributed by atoms with Crippen LogP contribution in [0.5, 0.6) is 0 Å². The Kier molecular flexibility index (Phi) is 5.04. The van der Waals surface area contributed by atoms with Gasteiger partial charge < -0.3 is 9.32 Å². The molecule has 1 aliphatic carbocycles. The van der Waals surface area contributed by atoms with Gasteiger partial charge in [0.1, 0.15) is 0 Å². The lowest BCUT2D eigenvalue weighted by atomic mass is 10.1. The standard InChI is InChI=1S/C18H21N3O2S/c1-12-8-9-14(10-13(12)2)17-19-20-18(23-17)24-11-16(22)21(3)15-6-4-5-7-15/h6,8-10H,4-5,7,11H2,1-3H3. The number of hydrogen-bond donors (Lipinski definition) is 0. The van der Waals surface area contributed by atoms with Crippen molar-refractivity contribution in [3.63, 3.8) is 0 Å². The lowest BCUT2D eigenvalue weighted by Crippen LogP contribution is -2.26. The average Bonchev–Trinajstić information content (AvgIpc) is 3.26. The fourth-order valence-corrected chi connectivity index (χ4v) is 3.28. The molecule has 0 saturated heterocycles. The summed E-state index contributed by atoms with van der Waals surface area (Å²) in [6.07, 6.45) is 5.30. The fourth-order valence-electron chi connectivity index (χ4n) is 2.60. The first kappa shape index (κ1) is 16.8. The number of nitrogens with zero attached hydrogens (tertiary/aromatic N) is 3. The SMILES string of the molecule is Cc1ccc(-c2nnc(SCC(=O)N(C)C3=CCCC3)o2)cc1C. The normalized spacial score (nSPS) is 13.9. The van der Waals surface area contributed by atoms with E-state index in [-0.39, 0.29) is 5.91 Å². The summed E-state index contributed by atoms with van der Waals surface area (Å²) in [7, 11) is 1.83. The first-order valence-electron chi connectivity index (χ1n) is 8.04. The summed E-state index contributed by atoms with van der Waals surface area (Å²) in [5.74, 6) is 0.835. The van der Waals surface area contributed by atoms with Crippen LogP contribution in [0.15, 0.2) is 39.6 Å². The predicted octanol–water partition coefficient (Wildman–Crippen LogP) is 3.97. The molecular formula is C18H21N3O2S. The van der Waals surface area contributed by atoms with Gasteiger partial charge in [0.2, 0.25) is 11.8 Å². The van der Waals surface area contributed by atoms with Gasteiger partial charge in [0.15, 0.2) is 0 Å². The van der Waals surface area contributed by atoms with Gasteiger partial charge in [0.05, 0.1) is 5.75 Å². The molecule has 0 atom stereocenters. The van der Waals surface area contributed by atoms with E-state index in [0.29, 0.717) is 16.9 Å². The molecule has 1 aromatic heterocycles. The van der Waals surface area contributed by atoms with Crippen molar-refractivity contribution in [1.29, 1.82) is 0 Å². The summed E-state index contributed by atoms with van der Waals surface area (Å²) < 4.78 is 5.68. The molecule has 0 aliphatic heterocycles. The average molecular weight is 343 g/mol. The molecular weight excluding hydrogens is 322 g/mol. The van der Waals surface area contributed by atoms with E-state index >= 15 is 0 Å². The quantitative estimate of drug-likeness (QED) is 0.769. The maximum absolute atomic E-state index is 12.2. The van der Waals surface area contributed by atoms with E-state index in [1.54, 1.807) is 4.90 Å². The molecule has 1 amide bonds. The molecule has 3 rings (SSSR count). The van der Waals surface area contributed by atoms with E-state index in [1.165, 1.54) is 22.9 Å². The number of carbonyl (C=O) groups excluding carboxylic acids is 1. The van der Waals surface area contributed by atoms with Crippen molar-refractivity contribution in [2.45, 2.75) is 38.3 Å². The third kappa shape index (κ3) is 3.70. The van der Waals surface area contributed by atoms with Crippen LogP contribution in [0.4, 0.5) is 0 Å². The van der Waals surface area contributed by atoms with Crippen LogP contribution in [0, 0.1) is 13.8 Å². The summed E-state index contributed by atoms with van der Waals surface area (Å²) in [6.45, 7) is 4.12. The molecule has 0 radical (unpaired) electrons. The van der Waals surface area contributed by atoms with Crippen molar-refractivity contribution in [2.24, 2.45) is 0 Å². The molecule has 0 saturated carbocycles. The van der Waals surface area contributed by atoms with E-state index in [9.17, 15) is 4.79 Å². The van der Waals surface area contributed by atoms with Crippen LogP contribution in [0.1, 0.15) is 30.4 Å². The number of thioether (sulfide) groups is 1. The summed E-state index contributed by atoms with van der Waals surface area (Å²) in [4.78, 5) is 14.0. The van der Waals surface area contributed by atoms with E-state index in [4.69, 9.17) is 4.42 Å². The molecule has 1 aliphatic rings. The van der Waals surface area contributed by atoms with Gasteiger partial charge in [-0.15, -0.1) is 10.2 Å². The minimum Gasteiger partial charge on any atom is -0.411 e. The van der Waals surface area contributed by atoms with Crippen molar-refractivity contribution in [3.05, 3.63) is 41.1 Å². The number of aromatic nitrogens is 2. The van der Waals surface area contributed by atoms with Gasteiger partial charge in [-0.25, -0.2) is 0 Å². The Hall–Kier alpha value is -2.08. The Morgan fingerprint density at radius 1 is 1.29 bits per heavy atom. The molecule has 1 aromatic carbocycles. The van der Waals surface area contributed by atoms with Gasteiger partial charge in [-0.3, -0.25) is 4.79 Å². The minimum atomic E-state index is 0.0547. The van der Waals surface area contributed by atoms with Crippen molar-refractivity contribution in [1.82, 2.24) is 15.1 Å². The minimum absolute atomic E-state index is 0.0547. The Labute approximate surface area is 146 Å². The van der Waals surface area contributed by atoms with Crippen molar-refractivity contribution < 1.29 is 9.21 Å². The second-order valence-electron chi connectivity index (χ2n) is 6.00. The Morgan fingerprint density at radius 2 is 2.12 bits per heavy atom. The second kappa shape index (κ2) is 7.21. The zero-order chi connectivity index (χ0) is 17.1. The molecule has 0 bridgehead atoms. The monoisotopic (exact) mass is 343 g/mol. The van der Waals surface area contributed by atoms with Crippen LogP contribution in [0.25, 0.3) is 11.5 Å². The summed E-state index contributed by atoms with van der Waals surface area (Å²) in [5.41, 5.74) is 4.42. The number of hydrogen-bond acceptors (Lipinski definition) is 5. The molecule has 2 aromatic rings. The van der Waals surface area contributed by atoms with Gasteiger partial charge in [0.25, 0.3) is 5.22 Å². The third-order valence-electron chi connectivity index (χ3n) is 4.30. The van der Waals surface area contributed by atoms with E-state index in [0.717, 1.165) is 30.5 Å². The van der Waals surface area contributed by atoms with Crippen LogP contribution < -0.4 is 0 Å². The van der Waals surface area contributed by atoms with Crippen molar-refractivity contribution in [3.8, 4) is 11.5 Å². The number of carbonyl (C=O) groups is 1. The highest BCUT2D eigenvalue weighted by Gasteiger charge is 2.18. The van der Waals surface area contributed by atoms with E-state index in [2.05, 4.69) is 30.1 Å². The molecule has 126 valence electrons. The molecule has 0 unspecified atom stereocenters. The highest BCUT2D eigenvalue weighted by molar-refractivity contribution is 7.99. The Bertz CT molecular complexity index is 782. The molecule has 24 heavy (non-hydrogen) atoms. The zero-order valence-corrected chi connectivity index (χ0v) is 15.0. The Morgan fingerprint density at radius 3 is 2.83 bits per heavy atom. The number of rotatable bonds is 5. The van der Waals surface area contributed by atoms with Gasteiger partial charge in [-0.05, 0) is 56.4 Å². The van der Waals surface area contributed by atoms with Crippen molar-refractivity contribution >= 4 is 17.7 Å². The molecule has 6 heteroatoms. The van der Waals surface area contributed by atoms with Crippen LogP contribution >= 0.6 is 11.8 Å². The maximum atomic E-state index is 12.2. The topological polar surface area (TPSA) is 59.2 Å². The summed E-state index contributed by atoms with van der Waals surface area (Å²) in [5, 5.41) is 8.54. The Balaban J connectivity index is 1.61. The lowest BCUT2D eigenvalue weighted by Gasteiger charge is -2.17. The van der Waals surface area contributed by atoms with E-state index in [1.807, 2.05) is 25.2 Å². The van der Waals surface area contributed by atoms with Crippen LogP contribution in [0.2, 0.25) is 0 Å². The number of amides is 1. The van der Waals surface area contributed by atoms with Crippen LogP contribution in [0.3, 0.4) is 0 Å². The first-order chi connectivity index (χ1) is 11.5. The van der Waals surface area contributed by atoms with Crippen molar-refractivity contribution in [2.75, 3.05) is 12.8 Å². The first-order valence-corrected chi connectivity index (χ1v) is 9.02. The van der Waals surface area contributed by atoms with Gasteiger partial charge in [-0.1, -0.05) is 23.9 Å². The molecule has 0 fully saturated rings. The summed E-state index contributed by atoms with van der Waals surface area (Å²) >= 11 is 1.28.